The Bertz CT molecular complexity index is 439. The van der Waals surface area contributed by atoms with Gasteiger partial charge in [-0.3, -0.25) is 0 Å². The van der Waals surface area contributed by atoms with Gasteiger partial charge in [0, 0.05) is 0 Å². The maximum absolute atomic E-state index is 6.79. The molecule has 21 heavy (non-hydrogen) atoms. The third-order valence-corrected chi connectivity index (χ3v) is 16.5. The molecule has 1 aromatic rings. The molecule has 0 aliphatic carbocycles. The van der Waals surface area contributed by atoms with E-state index >= 15 is 0 Å². The van der Waals surface area contributed by atoms with E-state index in [4.69, 9.17) is 4.43 Å². The third kappa shape index (κ3) is 4.28. The molecule has 0 fully saturated rings. The van der Waals surface area contributed by atoms with E-state index in [1.807, 2.05) is 0 Å². The quantitative estimate of drug-likeness (QED) is 0.537. The summed E-state index contributed by atoms with van der Waals surface area (Å²) in [6.45, 7) is 14.1. The van der Waals surface area contributed by atoms with E-state index in [1.165, 1.54) is 0 Å². The van der Waals surface area contributed by atoms with Crippen molar-refractivity contribution in [3.8, 4) is 5.75 Å². The molecule has 1 aromatic carbocycles. The van der Waals surface area contributed by atoms with Crippen molar-refractivity contribution in [2.45, 2.75) is 73.0 Å². The van der Waals surface area contributed by atoms with Crippen molar-refractivity contribution in [3.05, 3.63) is 24.3 Å². The molecule has 0 aliphatic rings. The first-order valence-electron chi connectivity index (χ1n) is 8.31. The summed E-state index contributed by atoms with van der Waals surface area (Å²) < 4.78 is 8.35. The Kier molecular flexibility index (Phi) is 6.43. The number of hydrogen-bond donors (Lipinski definition) is 0. The van der Waals surface area contributed by atoms with Crippen LogP contribution in [0.1, 0.15) is 41.5 Å². The molecule has 0 saturated heterocycles. The summed E-state index contributed by atoms with van der Waals surface area (Å²) in [5.41, 5.74) is 1.87. The molecule has 0 aliphatic heterocycles. The molecule has 1 nitrogen and oxygen atoms in total. The molecule has 0 spiro atoms. The molecule has 0 N–H and O–H groups in total. The van der Waals surface area contributed by atoms with Gasteiger partial charge >= 0.3 is 138 Å². The van der Waals surface area contributed by atoms with Gasteiger partial charge in [0.1, 0.15) is 0 Å². The van der Waals surface area contributed by atoms with E-state index in [0.717, 1.165) is 5.75 Å². The Morgan fingerprint density at radius 3 is 1.71 bits per heavy atom. The second-order valence-electron chi connectivity index (χ2n) is 8.20. The zero-order chi connectivity index (χ0) is 16.4. The van der Waals surface area contributed by atoms with Crippen LogP contribution < -0.4 is 8.01 Å². The normalized spacial score (nSPS) is 13.3. The van der Waals surface area contributed by atoms with Crippen LogP contribution in [0.3, 0.4) is 0 Å². The van der Waals surface area contributed by atoms with Crippen LogP contribution in [0.25, 0.3) is 0 Å². The average Bonchev–Trinajstić information content (AvgIpc) is 2.33. The Morgan fingerprint density at radius 2 is 1.33 bits per heavy atom. The van der Waals surface area contributed by atoms with Crippen LogP contribution in [0.2, 0.25) is 31.4 Å². The van der Waals surface area contributed by atoms with Gasteiger partial charge in [-0.15, -0.1) is 0 Å². The van der Waals surface area contributed by atoms with E-state index in [-0.39, 0.29) is 0 Å². The van der Waals surface area contributed by atoms with E-state index in [9.17, 15) is 0 Å². The fraction of sp³-hybridized carbons (Fsp3) is 0.667. The SMILES string of the molecule is CC(C)[Si](Oc1ccc[c]([Sn]([CH3])([CH3])[CH3])c1)(C(C)C)C(C)C. The van der Waals surface area contributed by atoms with Crippen LogP contribution in [-0.4, -0.2) is 26.7 Å². The van der Waals surface area contributed by atoms with Crippen molar-refractivity contribution in [3.63, 3.8) is 0 Å². The molecule has 0 atom stereocenters. The van der Waals surface area contributed by atoms with Crippen molar-refractivity contribution in [1.29, 1.82) is 0 Å². The van der Waals surface area contributed by atoms with Crippen molar-refractivity contribution in [1.82, 2.24) is 0 Å². The van der Waals surface area contributed by atoms with Crippen LogP contribution >= 0.6 is 0 Å². The van der Waals surface area contributed by atoms with Crippen LogP contribution in [0.15, 0.2) is 24.3 Å². The second kappa shape index (κ2) is 7.07. The number of rotatable bonds is 6. The first-order chi connectivity index (χ1) is 9.51. The van der Waals surface area contributed by atoms with E-state index in [0.29, 0.717) is 16.6 Å². The Hall–Kier alpha value is 0.0356. The number of benzene rings is 1. The summed E-state index contributed by atoms with van der Waals surface area (Å²) >= 11 is -2.03. The van der Waals surface area contributed by atoms with Crippen LogP contribution in [-0.2, 0) is 0 Å². The minimum absolute atomic E-state index is 0.624. The Labute approximate surface area is 137 Å². The molecule has 0 saturated carbocycles. The third-order valence-electron chi connectivity index (χ3n) is 4.70. The molecule has 0 bridgehead atoms. The standard InChI is InChI=1S/C15H25OSi.3CH3.Sn/c1-12(2)17(13(3)4,14(5)6)16-15-10-8-7-9-11-15;;;;/h7-8,10-14H,1-6H3;3*1H3;. The maximum atomic E-state index is 6.79. The summed E-state index contributed by atoms with van der Waals surface area (Å²) in [5, 5.41) is 0. The topological polar surface area (TPSA) is 9.23 Å². The fourth-order valence-corrected chi connectivity index (χ4v) is 12.2. The van der Waals surface area contributed by atoms with Gasteiger partial charge in [0.15, 0.2) is 0 Å². The zero-order valence-electron chi connectivity index (χ0n) is 15.4. The summed E-state index contributed by atoms with van der Waals surface area (Å²) in [5.74, 6) is 1.11. The summed E-state index contributed by atoms with van der Waals surface area (Å²) in [6, 6.07) is 8.99. The molecular weight excluding hydrogens is 379 g/mol. The van der Waals surface area contributed by atoms with E-state index in [2.05, 4.69) is 80.6 Å². The van der Waals surface area contributed by atoms with Gasteiger partial charge in [0.25, 0.3) is 0 Å². The first-order valence-corrected chi connectivity index (χ1v) is 20.4. The fourth-order valence-electron chi connectivity index (χ4n) is 3.58. The molecule has 3 heteroatoms. The van der Waals surface area contributed by atoms with Crippen molar-refractivity contribution < 1.29 is 4.43 Å². The average molecular weight is 413 g/mol. The van der Waals surface area contributed by atoms with Gasteiger partial charge in [-0.05, 0) is 0 Å². The molecule has 0 aromatic heterocycles. The summed E-state index contributed by atoms with van der Waals surface area (Å²) in [4.78, 5) is 7.39. The van der Waals surface area contributed by atoms with Gasteiger partial charge in [-0.2, -0.15) is 0 Å². The first kappa shape index (κ1) is 19.1. The Balaban J connectivity index is 3.22. The molecular formula is C18H34OSiSn. The predicted molar refractivity (Wildman–Crippen MR) is 101 cm³/mol. The van der Waals surface area contributed by atoms with Gasteiger partial charge in [-0.1, -0.05) is 0 Å². The van der Waals surface area contributed by atoms with Crippen molar-refractivity contribution >= 4 is 30.3 Å². The second-order valence-corrected chi connectivity index (χ2v) is 28.1. The molecule has 0 unspecified atom stereocenters. The van der Waals surface area contributed by atoms with Crippen molar-refractivity contribution in [2.24, 2.45) is 0 Å². The van der Waals surface area contributed by atoms with Gasteiger partial charge in [0.05, 0.1) is 0 Å². The Morgan fingerprint density at radius 1 is 0.857 bits per heavy atom. The van der Waals surface area contributed by atoms with Crippen LogP contribution in [0, 0.1) is 0 Å². The summed E-state index contributed by atoms with van der Waals surface area (Å²) in [6.07, 6.45) is 0. The monoisotopic (exact) mass is 414 g/mol. The van der Waals surface area contributed by atoms with E-state index in [1.54, 1.807) is 3.58 Å². The van der Waals surface area contributed by atoms with E-state index < -0.39 is 26.7 Å². The van der Waals surface area contributed by atoms with Crippen LogP contribution in [0.4, 0.5) is 0 Å². The van der Waals surface area contributed by atoms with Crippen LogP contribution in [0.5, 0.6) is 5.75 Å². The predicted octanol–water partition coefficient (Wildman–Crippen LogP) is 5.79. The molecule has 0 heterocycles. The van der Waals surface area contributed by atoms with Crippen molar-refractivity contribution in [2.75, 3.05) is 0 Å². The number of hydrogen-bond acceptors (Lipinski definition) is 1. The van der Waals surface area contributed by atoms with Gasteiger partial charge in [0.2, 0.25) is 0 Å². The molecule has 1 rings (SSSR count). The van der Waals surface area contributed by atoms with Gasteiger partial charge < -0.3 is 0 Å². The summed E-state index contributed by atoms with van der Waals surface area (Å²) in [7, 11) is -1.83. The molecule has 0 amide bonds. The molecule has 120 valence electrons. The minimum atomic E-state index is -2.03. The molecule has 0 radical (unpaired) electrons. The van der Waals surface area contributed by atoms with Gasteiger partial charge in [-0.25, -0.2) is 0 Å². The zero-order valence-corrected chi connectivity index (χ0v) is 19.3.